The van der Waals surface area contributed by atoms with Crippen molar-refractivity contribution in [3.63, 3.8) is 0 Å². The molecule has 0 spiro atoms. The monoisotopic (exact) mass is 478 g/mol. The number of hydrogen-bond acceptors (Lipinski definition) is 7. The molecule has 10 heteroatoms. The van der Waals surface area contributed by atoms with E-state index in [0.29, 0.717) is 17.0 Å². The summed E-state index contributed by atoms with van der Waals surface area (Å²) in [6, 6.07) is 8.78. The zero-order valence-electron chi connectivity index (χ0n) is 17.8. The highest BCUT2D eigenvalue weighted by Gasteiger charge is 2.27. The predicted molar refractivity (Wildman–Crippen MR) is 123 cm³/mol. The minimum absolute atomic E-state index is 0.138. The molecule has 2 N–H and O–H groups in total. The summed E-state index contributed by atoms with van der Waals surface area (Å²) in [5.74, 6) is -1.57. The van der Waals surface area contributed by atoms with Crippen molar-refractivity contribution in [3.8, 4) is 0 Å². The molecule has 0 fully saturated rings. The van der Waals surface area contributed by atoms with Gasteiger partial charge in [0, 0.05) is 11.3 Å². The van der Waals surface area contributed by atoms with Crippen LogP contribution < -0.4 is 10.6 Å². The van der Waals surface area contributed by atoms with Crippen LogP contribution in [0.5, 0.6) is 0 Å². The van der Waals surface area contributed by atoms with Gasteiger partial charge in [-0.25, -0.2) is 13.2 Å². The van der Waals surface area contributed by atoms with Gasteiger partial charge in [-0.1, -0.05) is 36.8 Å². The van der Waals surface area contributed by atoms with Gasteiger partial charge in [0.15, 0.2) is 9.84 Å². The molecule has 3 amide bonds. The average Bonchev–Trinajstić information content (AvgIpc) is 2.93. The summed E-state index contributed by atoms with van der Waals surface area (Å²) in [6.45, 7) is 0. The highest BCUT2D eigenvalue weighted by atomic mass is 32.2. The van der Waals surface area contributed by atoms with Gasteiger partial charge in [0.2, 0.25) is 5.91 Å². The molecule has 2 aromatic rings. The van der Waals surface area contributed by atoms with Gasteiger partial charge in [0.25, 0.3) is 5.91 Å². The number of benzene rings is 1. The number of amides is 3. The Bertz CT molecular complexity index is 1090. The molecule has 1 aliphatic carbocycles. The van der Waals surface area contributed by atoms with Crippen molar-refractivity contribution < 1.29 is 27.5 Å². The van der Waals surface area contributed by atoms with E-state index in [0.717, 1.165) is 43.2 Å². The Morgan fingerprint density at radius 3 is 2.50 bits per heavy atom. The molecule has 172 valence electrons. The van der Waals surface area contributed by atoms with Crippen LogP contribution in [0.15, 0.2) is 30.3 Å². The first-order valence-electron chi connectivity index (χ1n) is 10.4. The van der Waals surface area contributed by atoms with Gasteiger partial charge in [0.05, 0.1) is 24.2 Å². The molecule has 0 aliphatic heterocycles. The molecule has 3 rings (SSSR count). The zero-order chi connectivity index (χ0) is 23.1. The number of thiophene rings is 1. The molecule has 0 bridgehead atoms. The third-order valence-electron chi connectivity index (χ3n) is 5.17. The summed E-state index contributed by atoms with van der Waals surface area (Å²) < 4.78 is 29.3. The molecular formula is C22H26N2O6S2. The molecule has 0 radical (unpaired) electrons. The normalized spacial score (nSPS) is 13.5. The topological polar surface area (TPSA) is 119 Å². The van der Waals surface area contributed by atoms with Gasteiger partial charge >= 0.3 is 6.09 Å². The fourth-order valence-electron chi connectivity index (χ4n) is 3.61. The lowest BCUT2D eigenvalue weighted by Gasteiger charge is -2.09. The average molecular weight is 479 g/mol. The Morgan fingerprint density at radius 2 is 1.78 bits per heavy atom. The smallest absolute Gasteiger partial charge is 0.413 e. The fraction of sp³-hybridized carbons (Fsp3) is 0.409. The predicted octanol–water partition coefficient (Wildman–Crippen LogP) is 3.46. The second kappa shape index (κ2) is 10.7. The number of alkyl carbamates (subject to hydrolysis) is 1. The quantitative estimate of drug-likeness (QED) is 0.589. The highest BCUT2D eigenvalue weighted by molar-refractivity contribution is 7.90. The first-order chi connectivity index (χ1) is 15.3. The lowest BCUT2D eigenvalue weighted by Crippen LogP contribution is -2.31. The second-order valence-electron chi connectivity index (χ2n) is 7.59. The van der Waals surface area contributed by atoms with E-state index in [1.807, 2.05) is 0 Å². The lowest BCUT2D eigenvalue weighted by atomic mass is 10.0. The van der Waals surface area contributed by atoms with E-state index in [9.17, 15) is 22.8 Å². The molecule has 1 aromatic carbocycles. The summed E-state index contributed by atoms with van der Waals surface area (Å²) >= 11 is 1.31. The number of hydrogen-bond donors (Lipinski definition) is 2. The van der Waals surface area contributed by atoms with Crippen LogP contribution in [-0.4, -0.2) is 39.2 Å². The number of sulfone groups is 1. The number of aryl methyl sites for hydroxylation is 1. The van der Waals surface area contributed by atoms with Crippen molar-refractivity contribution in [2.45, 2.75) is 44.3 Å². The molecule has 8 nitrogen and oxygen atoms in total. The summed E-state index contributed by atoms with van der Waals surface area (Å²) in [4.78, 5) is 37.8. The van der Waals surface area contributed by atoms with Gasteiger partial charge < -0.3 is 10.1 Å². The number of rotatable bonds is 7. The SMILES string of the molecule is COC(=O)NC(=O)c1c(NC(=O)CCS(=O)(=O)Cc2ccccc2)sc2c1CCCCC2. The number of fused-ring (bicyclic) bond motifs is 1. The van der Waals surface area contributed by atoms with E-state index in [1.54, 1.807) is 30.3 Å². The molecule has 0 saturated heterocycles. The molecule has 0 unspecified atom stereocenters. The van der Waals surface area contributed by atoms with Gasteiger partial charge in [0.1, 0.15) is 5.00 Å². The first-order valence-corrected chi connectivity index (χ1v) is 13.0. The Morgan fingerprint density at radius 1 is 1.06 bits per heavy atom. The Hall–Kier alpha value is -2.72. The zero-order valence-corrected chi connectivity index (χ0v) is 19.4. The summed E-state index contributed by atoms with van der Waals surface area (Å²) in [5.41, 5.74) is 1.76. The molecule has 1 heterocycles. The number of ether oxygens (including phenoxy) is 1. The number of nitrogens with one attached hydrogen (secondary N) is 2. The van der Waals surface area contributed by atoms with Crippen LogP contribution in [0, 0.1) is 0 Å². The highest BCUT2D eigenvalue weighted by Crippen LogP contribution is 2.37. The Balaban J connectivity index is 1.72. The Labute approximate surface area is 191 Å². The number of carbonyl (C=O) groups is 3. The van der Waals surface area contributed by atoms with E-state index >= 15 is 0 Å². The van der Waals surface area contributed by atoms with Gasteiger partial charge in [-0.2, -0.15) is 0 Å². The third-order valence-corrected chi connectivity index (χ3v) is 7.98. The first kappa shape index (κ1) is 23.9. The summed E-state index contributed by atoms with van der Waals surface area (Å²) in [6.07, 6.45) is 3.30. The van der Waals surface area contributed by atoms with Crippen LogP contribution in [0.3, 0.4) is 0 Å². The molecule has 0 saturated carbocycles. The molecular weight excluding hydrogens is 452 g/mol. The number of imide groups is 1. The van der Waals surface area contributed by atoms with Crippen LogP contribution in [0.2, 0.25) is 0 Å². The van der Waals surface area contributed by atoms with Gasteiger partial charge in [-0.05, 0) is 36.8 Å². The molecule has 1 aliphatic rings. The summed E-state index contributed by atoms with van der Waals surface area (Å²) in [5, 5.41) is 5.19. The maximum Gasteiger partial charge on any atom is 0.413 e. The van der Waals surface area contributed by atoms with E-state index in [-0.39, 0.29) is 23.5 Å². The minimum atomic E-state index is -3.47. The van der Waals surface area contributed by atoms with E-state index < -0.39 is 27.7 Å². The maximum atomic E-state index is 12.7. The van der Waals surface area contributed by atoms with E-state index in [2.05, 4.69) is 15.4 Å². The second-order valence-corrected chi connectivity index (χ2v) is 10.9. The number of methoxy groups -OCH3 is 1. The van der Waals surface area contributed by atoms with Crippen molar-refractivity contribution in [1.82, 2.24) is 5.32 Å². The van der Waals surface area contributed by atoms with Gasteiger partial charge in [-0.15, -0.1) is 11.3 Å². The van der Waals surface area contributed by atoms with Crippen LogP contribution in [-0.2, 0) is 38.0 Å². The standard InChI is InChI=1S/C22H26N2O6S2/c1-30-22(27)24-20(26)19-16-10-6-3-7-11-17(16)31-21(19)23-18(25)12-13-32(28,29)14-15-8-4-2-5-9-15/h2,4-5,8-9H,3,6-7,10-14H2,1H3,(H,23,25)(H,24,26,27). The van der Waals surface area contributed by atoms with E-state index in [4.69, 9.17) is 0 Å². The van der Waals surface area contributed by atoms with Crippen LogP contribution >= 0.6 is 11.3 Å². The van der Waals surface area contributed by atoms with Crippen molar-refractivity contribution in [2.75, 3.05) is 18.2 Å². The fourth-order valence-corrected chi connectivity index (χ4v) is 6.26. The molecule has 0 atom stereocenters. The van der Waals surface area contributed by atoms with E-state index in [1.165, 1.54) is 11.3 Å². The maximum absolute atomic E-state index is 12.7. The summed E-state index contributed by atoms with van der Waals surface area (Å²) in [7, 11) is -2.31. The van der Waals surface area contributed by atoms with Crippen LogP contribution in [0.4, 0.5) is 9.80 Å². The van der Waals surface area contributed by atoms with Gasteiger partial charge in [-0.3, -0.25) is 14.9 Å². The number of carbonyl (C=O) groups excluding carboxylic acids is 3. The minimum Gasteiger partial charge on any atom is -0.453 e. The van der Waals surface area contributed by atoms with Crippen LogP contribution in [0.1, 0.15) is 52.0 Å². The Kier molecular flexibility index (Phi) is 8.03. The van der Waals surface area contributed by atoms with Crippen LogP contribution in [0.25, 0.3) is 0 Å². The lowest BCUT2D eigenvalue weighted by molar-refractivity contribution is -0.115. The largest absolute Gasteiger partial charge is 0.453 e. The van der Waals surface area contributed by atoms with Crippen molar-refractivity contribution in [3.05, 3.63) is 51.9 Å². The van der Waals surface area contributed by atoms with Crippen molar-refractivity contribution in [2.24, 2.45) is 0 Å². The number of anilines is 1. The van der Waals surface area contributed by atoms with Crippen molar-refractivity contribution in [1.29, 1.82) is 0 Å². The van der Waals surface area contributed by atoms with Crippen molar-refractivity contribution >= 4 is 44.1 Å². The molecule has 1 aromatic heterocycles. The molecule has 32 heavy (non-hydrogen) atoms. The third kappa shape index (κ3) is 6.39.